The number of hydrogen-bond donors (Lipinski definition) is 2. The highest BCUT2D eigenvalue weighted by atomic mass is 32.1. The number of nitrogens with one attached hydrogen (secondary N) is 2. The molecule has 1 aromatic rings. The number of ether oxygens (including phenoxy) is 2. The lowest BCUT2D eigenvalue weighted by Gasteiger charge is -2.21. The first-order valence-electron chi connectivity index (χ1n) is 8.23. The second kappa shape index (κ2) is 11.4. The van der Waals surface area contributed by atoms with Gasteiger partial charge in [0, 0.05) is 37.1 Å². The van der Waals surface area contributed by atoms with Crippen molar-refractivity contribution in [1.82, 2.24) is 10.6 Å². The summed E-state index contributed by atoms with van der Waals surface area (Å²) >= 11 is 1.79. The maximum absolute atomic E-state index is 5.46. The molecule has 0 saturated heterocycles. The maximum atomic E-state index is 5.46. The third kappa shape index (κ3) is 8.34. The second-order valence-electron chi connectivity index (χ2n) is 5.94. The predicted molar refractivity (Wildman–Crippen MR) is 98.6 cm³/mol. The van der Waals surface area contributed by atoms with Gasteiger partial charge >= 0.3 is 0 Å². The number of hydrogen-bond acceptors (Lipinski definition) is 4. The summed E-state index contributed by atoms with van der Waals surface area (Å²) in [7, 11) is 1.68. The van der Waals surface area contributed by atoms with Crippen molar-refractivity contribution in [1.29, 1.82) is 0 Å². The average molecular weight is 342 g/mol. The van der Waals surface area contributed by atoms with Crippen molar-refractivity contribution in [3.63, 3.8) is 0 Å². The van der Waals surface area contributed by atoms with Gasteiger partial charge in [-0.2, -0.15) is 0 Å². The number of methoxy groups -OCH3 is 1. The van der Waals surface area contributed by atoms with E-state index in [1.165, 1.54) is 4.88 Å². The third-order valence-electron chi connectivity index (χ3n) is 3.35. The zero-order chi connectivity index (χ0) is 17.0. The predicted octanol–water partition coefficient (Wildman–Crippen LogP) is 2.63. The molecule has 1 aromatic heterocycles. The molecule has 0 aliphatic heterocycles. The molecule has 0 saturated carbocycles. The van der Waals surface area contributed by atoms with Gasteiger partial charge in [-0.3, -0.25) is 4.99 Å². The minimum Gasteiger partial charge on any atom is -0.382 e. The van der Waals surface area contributed by atoms with Crippen LogP contribution in [0.2, 0.25) is 0 Å². The molecule has 0 aliphatic rings. The Bertz CT molecular complexity index is 433. The van der Waals surface area contributed by atoms with Crippen molar-refractivity contribution >= 4 is 17.3 Å². The lowest BCUT2D eigenvalue weighted by molar-refractivity contribution is 0.0698. The van der Waals surface area contributed by atoms with E-state index < -0.39 is 0 Å². The van der Waals surface area contributed by atoms with Gasteiger partial charge in [-0.15, -0.1) is 11.3 Å². The zero-order valence-corrected chi connectivity index (χ0v) is 15.7. The minimum atomic E-state index is 0.0553. The maximum Gasteiger partial charge on any atom is 0.191 e. The van der Waals surface area contributed by atoms with E-state index in [-0.39, 0.29) is 5.41 Å². The van der Waals surface area contributed by atoms with Crippen molar-refractivity contribution < 1.29 is 9.47 Å². The van der Waals surface area contributed by atoms with Crippen LogP contribution in [0.1, 0.15) is 32.1 Å². The minimum absolute atomic E-state index is 0.0553. The van der Waals surface area contributed by atoms with Crippen molar-refractivity contribution in [3.8, 4) is 0 Å². The van der Waals surface area contributed by atoms with E-state index in [9.17, 15) is 0 Å². The molecule has 0 atom stereocenters. The Morgan fingerprint density at radius 1 is 1.26 bits per heavy atom. The largest absolute Gasteiger partial charge is 0.382 e. The van der Waals surface area contributed by atoms with Gasteiger partial charge in [0.25, 0.3) is 0 Å². The summed E-state index contributed by atoms with van der Waals surface area (Å²) in [5, 5.41) is 8.77. The second-order valence-corrected chi connectivity index (χ2v) is 6.89. The van der Waals surface area contributed by atoms with Gasteiger partial charge in [-0.05, 0) is 24.8 Å². The quantitative estimate of drug-likeness (QED) is 0.369. The highest BCUT2D eigenvalue weighted by molar-refractivity contribution is 7.10. The summed E-state index contributed by atoms with van der Waals surface area (Å²) in [6, 6.07) is 4.27. The SMILES string of the molecule is CCNC(=NCC(C)(C)c1cccs1)NCCCOCCOC. The van der Waals surface area contributed by atoms with Crippen LogP contribution in [0.4, 0.5) is 0 Å². The number of rotatable bonds is 11. The van der Waals surface area contributed by atoms with Gasteiger partial charge in [-0.1, -0.05) is 19.9 Å². The molecule has 1 rings (SSSR count). The van der Waals surface area contributed by atoms with E-state index in [1.54, 1.807) is 18.4 Å². The number of nitrogens with zero attached hydrogens (tertiary/aromatic N) is 1. The summed E-state index contributed by atoms with van der Waals surface area (Å²) in [5.41, 5.74) is 0.0553. The van der Waals surface area contributed by atoms with Gasteiger partial charge in [0.1, 0.15) is 0 Å². The summed E-state index contributed by atoms with van der Waals surface area (Å²) in [4.78, 5) is 6.09. The summed E-state index contributed by atoms with van der Waals surface area (Å²) < 4.78 is 10.4. The highest BCUT2D eigenvalue weighted by Gasteiger charge is 2.21. The fraction of sp³-hybridized carbons (Fsp3) is 0.706. The van der Waals surface area contributed by atoms with Crippen LogP contribution in [-0.2, 0) is 14.9 Å². The standard InChI is InChI=1S/C17H31N3O2S/c1-5-18-16(19-9-7-10-22-12-11-21-4)20-14-17(2,3)15-8-6-13-23-15/h6,8,13H,5,7,9-12,14H2,1-4H3,(H2,18,19,20). The first-order chi connectivity index (χ1) is 11.1. The summed E-state index contributed by atoms with van der Waals surface area (Å²) in [6.45, 7) is 11.0. The molecule has 0 aliphatic carbocycles. The Morgan fingerprint density at radius 3 is 2.74 bits per heavy atom. The van der Waals surface area contributed by atoms with Gasteiger partial charge in [0.15, 0.2) is 5.96 Å². The Hall–Kier alpha value is -1.11. The van der Waals surface area contributed by atoms with E-state index in [0.717, 1.165) is 38.6 Å². The Balaban J connectivity index is 2.35. The Kier molecular flexibility index (Phi) is 9.91. The van der Waals surface area contributed by atoms with Crippen LogP contribution in [0.15, 0.2) is 22.5 Å². The van der Waals surface area contributed by atoms with Crippen LogP contribution in [0, 0.1) is 0 Å². The fourth-order valence-electron chi connectivity index (χ4n) is 1.99. The number of thiophene rings is 1. The van der Waals surface area contributed by atoms with Gasteiger partial charge in [-0.25, -0.2) is 0 Å². The molecule has 2 N–H and O–H groups in total. The summed E-state index contributed by atoms with van der Waals surface area (Å²) in [5.74, 6) is 0.869. The van der Waals surface area contributed by atoms with Crippen LogP contribution >= 0.6 is 11.3 Å². The van der Waals surface area contributed by atoms with Crippen molar-refractivity contribution in [2.45, 2.75) is 32.6 Å². The van der Waals surface area contributed by atoms with Gasteiger partial charge in [0.05, 0.1) is 19.8 Å². The molecule has 5 nitrogen and oxygen atoms in total. The molecule has 0 fully saturated rings. The van der Waals surface area contributed by atoms with Crippen LogP contribution in [0.3, 0.4) is 0 Å². The lowest BCUT2D eigenvalue weighted by atomic mass is 9.92. The average Bonchev–Trinajstić information content (AvgIpc) is 3.07. The van der Waals surface area contributed by atoms with Crippen molar-refractivity contribution in [3.05, 3.63) is 22.4 Å². The first-order valence-corrected chi connectivity index (χ1v) is 9.11. The number of aliphatic imine (C=N–C) groups is 1. The van der Waals surface area contributed by atoms with Crippen LogP contribution < -0.4 is 10.6 Å². The molecule has 6 heteroatoms. The van der Waals surface area contributed by atoms with Gasteiger partial charge < -0.3 is 20.1 Å². The summed E-state index contributed by atoms with van der Waals surface area (Å²) in [6.07, 6.45) is 0.947. The Morgan fingerprint density at radius 2 is 2.09 bits per heavy atom. The van der Waals surface area contributed by atoms with E-state index in [1.807, 2.05) is 0 Å². The van der Waals surface area contributed by atoms with E-state index in [2.05, 4.69) is 48.9 Å². The van der Waals surface area contributed by atoms with Crippen molar-refractivity contribution in [2.24, 2.45) is 4.99 Å². The fourth-order valence-corrected chi connectivity index (χ4v) is 2.83. The molecule has 0 aromatic carbocycles. The van der Waals surface area contributed by atoms with Crippen molar-refractivity contribution in [2.75, 3.05) is 46.6 Å². The molecule has 23 heavy (non-hydrogen) atoms. The smallest absolute Gasteiger partial charge is 0.191 e. The molecular formula is C17H31N3O2S. The van der Waals surface area contributed by atoms with Crippen LogP contribution in [0.25, 0.3) is 0 Å². The van der Waals surface area contributed by atoms with E-state index in [0.29, 0.717) is 13.2 Å². The topological polar surface area (TPSA) is 54.9 Å². The molecule has 0 bridgehead atoms. The molecule has 0 unspecified atom stereocenters. The van der Waals surface area contributed by atoms with Crippen LogP contribution in [0.5, 0.6) is 0 Å². The molecule has 1 heterocycles. The molecule has 0 spiro atoms. The lowest BCUT2D eigenvalue weighted by Crippen LogP contribution is -2.39. The normalized spacial score (nSPS) is 12.4. The third-order valence-corrected chi connectivity index (χ3v) is 4.59. The molecule has 0 amide bonds. The monoisotopic (exact) mass is 341 g/mol. The number of guanidine groups is 1. The van der Waals surface area contributed by atoms with Gasteiger partial charge in [0.2, 0.25) is 0 Å². The van der Waals surface area contributed by atoms with Crippen LogP contribution in [-0.4, -0.2) is 52.5 Å². The molecule has 132 valence electrons. The first kappa shape index (κ1) is 19.9. The van der Waals surface area contributed by atoms with E-state index >= 15 is 0 Å². The van der Waals surface area contributed by atoms with E-state index in [4.69, 9.17) is 14.5 Å². The Labute approximate surface area is 144 Å². The molecular weight excluding hydrogens is 310 g/mol. The molecule has 0 radical (unpaired) electrons. The highest BCUT2D eigenvalue weighted by Crippen LogP contribution is 2.27. The zero-order valence-electron chi connectivity index (χ0n) is 14.9.